The predicted octanol–water partition coefficient (Wildman–Crippen LogP) is 2.88. The van der Waals surface area contributed by atoms with Crippen molar-refractivity contribution in [1.29, 1.82) is 0 Å². The molecule has 0 radical (unpaired) electrons. The molecule has 2 rings (SSSR count). The third kappa shape index (κ3) is 6.66. The third-order valence-electron chi connectivity index (χ3n) is 3.88. The highest BCUT2D eigenvalue weighted by Gasteiger charge is 2.21. The van der Waals surface area contributed by atoms with Crippen LogP contribution in [0.3, 0.4) is 0 Å². The van der Waals surface area contributed by atoms with Gasteiger partial charge >= 0.3 is 5.97 Å². The minimum atomic E-state index is -0.700. The molecular formula is C21H25NO5. The molecule has 0 bridgehead atoms. The summed E-state index contributed by atoms with van der Waals surface area (Å²) in [5, 5.41) is 2.63. The molecule has 0 heterocycles. The zero-order valence-electron chi connectivity index (χ0n) is 15.9. The Bertz CT molecular complexity index is 740. The summed E-state index contributed by atoms with van der Waals surface area (Å²) in [4.78, 5) is 23.3. The molecule has 2 aromatic carbocycles. The molecule has 0 aliphatic carbocycles. The second-order valence-electron chi connectivity index (χ2n) is 5.99. The van der Waals surface area contributed by atoms with E-state index < -0.39 is 12.0 Å². The van der Waals surface area contributed by atoms with E-state index in [2.05, 4.69) is 5.32 Å². The molecule has 0 aromatic heterocycles. The zero-order valence-corrected chi connectivity index (χ0v) is 15.9. The first kappa shape index (κ1) is 20.3. The lowest BCUT2D eigenvalue weighted by Gasteiger charge is -2.16. The fourth-order valence-corrected chi connectivity index (χ4v) is 2.53. The smallest absolute Gasteiger partial charge is 0.328 e. The van der Waals surface area contributed by atoms with Gasteiger partial charge in [-0.05, 0) is 42.3 Å². The number of esters is 1. The van der Waals surface area contributed by atoms with Gasteiger partial charge in [0.05, 0.1) is 13.7 Å². The molecular weight excluding hydrogens is 346 g/mol. The number of ether oxygens (including phenoxy) is 3. The Labute approximate surface area is 159 Å². The number of methoxy groups -OCH3 is 1. The summed E-state index contributed by atoms with van der Waals surface area (Å²) >= 11 is 0. The first-order chi connectivity index (χ1) is 13.0. The molecule has 27 heavy (non-hydrogen) atoms. The lowest BCUT2D eigenvalue weighted by molar-refractivity contribution is -0.147. The van der Waals surface area contributed by atoms with Crippen molar-refractivity contribution in [2.24, 2.45) is 0 Å². The van der Waals surface area contributed by atoms with Crippen molar-refractivity contribution in [2.75, 3.05) is 13.7 Å². The molecule has 0 aliphatic rings. The number of benzene rings is 2. The minimum Gasteiger partial charge on any atom is -0.497 e. The average Bonchev–Trinajstić information content (AvgIpc) is 2.67. The quantitative estimate of drug-likeness (QED) is 0.686. The van der Waals surface area contributed by atoms with Crippen LogP contribution in [0, 0.1) is 0 Å². The summed E-state index contributed by atoms with van der Waals surface area (Å²) in [5.74, 6) is 0.820. The molecule has 2 aromatic rings. The first-order valence-corrected chi connectivity index (χ1v) is 8.80. The third-order valence-corrected chi connectivity index (χ3v) is 3.88. The molecule has 0 fully saturated rings. The summed E-state index contributed by atoms with van der Waals surface area (Å²) in [5.41, 5.74) is 1.94. The highest BCUT2D eigenvalue weighted by molar-refractivity contribution is 5.83. The highest BCUT2D eigenvalue weighted by Crippen LogP contribution is 2.17. The molecule has 1 atom stereocenters. The van der Waals surface area contributed by atoms with Crippen LogP contribution in [0.2, 0.25) is 0 Å². The van der Waals surface area contributed by atoms with Crippen molar-refractivity contribution in [2.45, 2.75) is 32.9 Å². The molecule has 0 unspecified atom stereocenters. The Morgan fingerprint density at radius 2 is 1.56 bits per heavy atom. The molecule has 1 amide bonds. The Hall–Kier alpha value is -3.02. The monoisotopic (exact) mass is 371 g/mol. The van der Waals surface area contributed by atoms with E-state index in [0.29, 0.717) is 13.0 Å². The SMILES string of the molecule is CCOC(=O)[C@H](Cc1ccc(OCc2ccc(OC)cc2)cc1)NC(C)=O. The minimum absolute atomic E-state index is 0.271. The van der Waals surface area contributed by atoms with E-state index in [1.807, 2.05) is 48.5 Å². The molecule has 0 aliphatic heterocycles. The van der Waals surface area contributed by atoms with Gasteiger partial charge in [-0.3, -0.25) is 4.79 Å². The van der Waals surface area contributed by atoms with Crippen LogP contribution in [0.4, 0.5) is 0 Å². The van der Waals surface area contributed by atoms with Crippen LogP contribution in [-0.2, 0) is 27.4 Å². The Balaban J connectivity index is 1.94. The summed E-state index contributed by atoms with van der Waals surface area (Å²) in [6, 6.07) is 14.4. The van der Waals surface area contributed by atoms with Gasteiger partial charge in [-0.25, -0.2) is 4.79 Å². The van der Waals surface area contributed by atoms with E-state index >= 15 is 0 Å². The Morgan fingerprint density at radius 1 is 0.963 bits per heavy atom. The molecule has 0 spiro atoms. The number of amides is 1. The summed E-state index contributed by atoms with van der Waals surface area (Å²) < 4.78 is 15.9. The highest BCUT2D eigenvalue weighted by atomic mass is 16.5. The fourth-order valence-electron chi connectivity index (χ4n) is 2.53. The number of hydrogen-bond donors (Lipinski definition) is 1. The Kier molecular flexibility index (Phi) is 7.67. The second kappa shape index (κ2) is 10.2. The van der Waals surface area contributed by atoms with Gasteiger partial charge in [0, 0.05) is 13.3 Å². The van der Waals surface area contributed by atoms with Crippen molar-refractivity contribution >= 4 is 11.9 Å². The number of carbonyl (C=O) groups excluding carboxylic acids is 2. The maximum Gasteiger partial charge on any atom is 0.328 e. The van der Waals surface area contributed by atoms with E-state index in [9.17, 15) is 9.59 Å². The largest absolute Gasteiger partial charge is 0.497 e. The van der Waals surface area contributed by atoms with Crippen molar-refractivity contribution in [3.63, 3.8) is 0 Å². The second-order valence-corrected chi connectivity index (χ2v) is 5.99. The van der Waals surface area contributed by atoms with E-state index in [4.69, 9.17) is 14.2 Å². The van der Waals surface area contributed by atoms with Gasteiger partial charge in [-0.15, -0.1) is 0 Å². The van der Waals surface area contributed by atoms with E-state index in [1.54, 1.807) is 14.0 Å². The normalized spacial score (nSPS) is 11.4. The van der Waals surface area contributed by atoms with Gasteiger partial charge < -0.3 is 19.5 Å². The summed E-state index contributed by atoms with van der Waals surface area (Å²) in [6.45, 7) is 3.83. The van der Waals surface area contributed by atoms with E-state index in [-0.39, 0.29) is 12.5 Å². The molecule has 144 valence electrons. The fraction of sp³-hybridized carbons (Fsp3) is 0.333. The molecule has 1 N–H and O–H groups in total. The molecule has 0 saturated heterocycles. The van der Waals surface area contributed by atoms with Crippen LogP contribution in [0.25, 0.3) is 0 Å². The van der Waals surface area contributed by atoms with Gasteiger partial charge in [-0.1, -0.05) is 24.3 Å². The van der Waals surface area contributed by atoms with E-state index in [1.165, 1.54) is 6.92 Å². The van der Waals surface area contributed by atoms with E-state index in [0.717, 1.165) is 22.6 Å². The Morgan fingerprint density at radius 3 is 2.11 bits per heavy atom. The number of carbonyl (C=O) groups is 2. The number of hydrogen-bond acceptors (Lipinski definition) is 5. The lowest BCUT2D eigenvalue weighted by Crippen LogP contribution is -2.42. The zero-order chi connectivity index (χ0) is 19.6. The van der Waals surface area contributed by atoms with Gasteiger partial charge in [0.1, 0.15) is 24.1 Å². The van der Waals surface area contributed by atoms with Crippen LogP contribution in [0.15, 0.2) is 48.5 Å². The van der Waals surface area contributed by atoms with Crippen molar-refractivity contribution < 1.29 is 23.8 Å². The number of rotatable bonds is 9. The molecule has 6 heteroatoms. The lowest BCUT2D eigenvalue weighted by atomic mass is 10.1. The maximum absolute atomic E-state index is 12.0. The van der Waals surface area contributed by atoms with Crippen molar-refractivity contribution in [1.82, 2.24) is 5.32 Å². The van der Waals surface area contributed by atoms with Crippen LogP contribution in [0.1, 0.15) is 25.0 Å². The standard InChI is InChI=1S/C21H25NO5/c1-4-26-21(24)20(22-15(2)23)13-16-5-11-19(12-6-16)27-14-17-7-9-18(25-3)10-8-17/h5-12,20H,4,13-14H2,1-3H3,(H,22,23)/t20-/m0/s1. The molecule has 6 nitrogen and oxygen atoms in total. The maximum atomic E-state index is 12.0. The van der Waals surface area contributed by atoms with Crippen LogP contribution in [0.5, 0.6) is 11.5 Å². The molecule has 0 saturated carbocycles. The summed E-state index contributed by atoms with van der Waals surface area (Å²) in [6.07, 6.45) is 0.358. The topological polar surface area (TPSA) is 73.9 Å². The van der Waals surface area contributed by atoms with Gasteiger partial charge in [0.25, 0.3) is 0 Å². The van der Waals surface area contributed by atoms with Gasteiger partial charge in [-0.2, -0.15) is 0 Å². The predicted molar refractivity (Wildman–Crippen MR) is 102 cm³/mol. The van der Waals surface area contributed by atoms with Crippen LogP contribution < -0.4 is 14.8 Å². The van der Waals surface area contributed by atoms with Crippen LogP contribution >= 0.6 is 0 Å². The average molecular weight is 371 g/mol. The number of nitrogens with one attached hydrogen (secondary N) is 1. The first-order valence-electron chi connectivity index (χ1n) is 8.80. The van der Waals surface area contributed by atoms with Crippen LogP contribution in [-0.4, -0.2) is 31.6 Å². The van der Waals surface area contributed by atoms with Crippen molar-refractivity contribution in [3.05, 3.63) is 59.7 Å². The van der Waals surface area contributed by atoms with Gasteiger partial charge in [0.15, 0.2) is 0 Å². The van der Waals surface area contributed by atoms with Gasteiger partial charge in [0.2, 0.25) is 5.91 Å². The summed E-state index contributed by atoms with van der Waals surface area (Å²) in [7, 11) is 1.63. The van der Waals surface area contributed by atoms with Crippen molar-refractivity contribution in [3.8, 4) is 11.5 Å².